The molecule has 0 spiro atoms. The van der Waals surface area contributed by atoms with Crippen molar-refractivity contribution in [3.05, 3.63) is 54.0 Å². The first kappa shape index (κ1) is 19.7. The van der Waals surface area contributed by atoms with Crippen LogP contribution < -0.4 is 15.4 Å². The van der Waals surface area contributed by atoms with Gasteiger partial charge in [0.05, 0.1) is 11.2 Å². The second kappa shape index (κ2) is 8.63. The molecule has 0 atom stereocenters. The third-order valence-corrected chi connectivity index (χ3v) is 4.93. The molecule has 1 heterocycles. The molecule has 0 fully saturated rings. The maximum atomic E-state index is 12.0. The summed E-state index contributed by atoms with van der Waals surface area (Å²) in [5, 5.41) is 5.24. The lowest BCUT2D eigenvalue weighted by molar-refractivity contribution is 0.0910. The van der Waals surface area contributed by atoms with Crippen LogP contribution in [0.15, 0.2) is 52.0 Å². The summed E-state index contributed by atoms with van der Waals surface area (Å²) >= 11 is 0. The van der Waals surface area contributed by atoms with E-state index in [-0.39, 0.29) is 41.6 Å². The Balaban J connectivity index is 1.83. The van der Waals surface area contributed by atoms with Gasteiger partial charge in [-0.15, -0.1) is 0 Å². The van der Waals surface area contributed by atoms with E-state index in [0.29, 0.717) is 5.56 Å². The Kier molecular flexibility index (Phi) is 6.53. The molecule has 0 aliphatic heterocycles. The predicted octanol–water partition coefficient (Wildman–Crippen LogP) is 1.13. The highest BCUT2D eigenvalue weighted by atomic mass is 32.2. The molecule has 2 amide bonds. The summed E-state index contributed by atoms with van der Waals surface area (Å²) in [7, 11) is -3.59. The fraction of sp³-hybridized carbons (Fsp3) is 0.294. The molecular formula is C17H21N3O5S. The molecule has 0 radical (unpaired) electrons. The van der Waals surface area contributed by atoms with Gasteiger partial charge in [-0.05, 0) is 50.2 Å². The number of amides is 2. The number of carbonyl (C=O) groups excluding carboxylic acids is 2. The zero-order valence-corrected chi connectivity index (χ0v) is 15.3. The van der Waals surface area contributed by atoms with Crippen molar-refractivity contribution in [3.63, 3.8) is 0 Å². The molecule has 0 saturated heterocycles. The van der Waals surface area contributed by atoms with Crippen LogP contribution in [0, 0.1) is 0 Å². The van der Waals surface area contributed by atoms with Gasteiger partial charge in [0.15, 0.2) is 5.76 Å². The van der Waals surface area contributed by atoms with Crippen LogP contribution in [0.2, 0.25) is 0 Å². The summed E-state index contributed by atoms with van der Waals surface area (Å²) < 4.78 is 31.5. The SMILES string of the molecule is CC(C)NS(=O)(=O)c1ccc(C(=O)NCCNC(=O)c2ccco2)cc1. The van der Waals surface area contributed by atoms with Crippen molar-refractivity contribution in [2.75, 3.05) is 13.1 Å². The van der Waals surface area contributed by atoms with E-state index in [9.17, 15) is 18.0 Å². The second-order valence-electron chi connectivity index (χ2n) is 5.79. The van der Waals surface area contributed by atoms with Crippen LogP contribution in [-0.2, 0) is 10.0 Å². The Morgan fingerprint density at radius 2 is 1.62 bits per heavy atom. The fourth-order valence-electron chi connectivity index (χ4n) is 2.11. The monoisotopic (exact) mass is 379 g/mol. The summed E-state index contributed by atoms with van der Waals surface area (Å²) in [5.74, 6) is -0.530. The van der Waals surface area contributed by atoms with Gasteiger partial charge in [0.2, 0.25) is 10.0 Å². The first-order valence-corrected chi connectivity index (χ1v) is 9.50. The number of hydrogen-bond donors (Lipinski definition) is 3. The van der Waals surface area contributed by atoms with Crippen LogP contribution in [0.5, 0.6) is 0 Å². The summed E-state index contributed by atoms with van der Waals surface area (Å²) in [6, 6.07) is 8.54. The van der Waals surface area contributed by atoms with Crippen LogP contribution in [0.3, 0.4) is 0 Å². The maximum absolute atomic E-state index is 12.0. The zero-order valence-electron chi connectivity index (χ0n) is 14.5. The van der Waals surface area contributed by atoms with Gasteiger partial charge in [-0.2, -0.15) is 0 Å². The van der Waals surface area contributed by atoms with Crippen molar-refractivity contribution in [1.29, 1.82) is 0 Å². The number of carbonyl (C=O) groups is 2. The summed E-state index contributed by atoms with van der Waals surface area (Å²) in [6.45, 7) is 3.91. The number of hydrogen-bond acceptors (Lipinski definition) is 5. The lowest BCUT2D eigenvalue weighted by Gasteiger charge is -2.10. The number of nitrogens with one attached hydrogen (secondary N) is 3. The van der Waals surface area contributed by atoms with Crippen molar-refractivity contribution in [2.45, 2.75) is 24.8 Å². The molecule has 0 aliphatic carbocycles. The predicted molar refractivity (Wildman–Crippen MR) is 95.3 cm³/mol. The normalized spacial score (nSPS) is 11.3. The average molecular weight is 379 g/mol. The summed E-state index contributed by atoms with van der Waals surface area (Å²) in [6.07, 6.45) is 1.40. The van der Waals surface area contributed by atoms with Gasteiger partial charge in [0.1, 0.15) is 0 Å². The van der Waals surface area contributed by atoms with E-state index in [1.165, 1.54) is 36.6 Å². The summed E-state index contributed by atoms with van der Waals surface area (Å²) in [4.78, 5) is 23.8. The van der Waals surface area contributed by atoms with E-state index in [2.05, 4.69) is 15.4 Å². The van der Waals surface area contributed by atoms with Crippen molar-refractivity contribution in [2.24, 2.45) is 0 Å². The van der Waals surface area contributed by atoms with E-state index in [1.54, 1.807) is 19.9 Å². The van der Waals surface area contributed by atoms with Crippen LogP contribution >= 0.6 is 0 Å². The lowest BCUT2D eigenvalue weighted by Crippen LogP contribution is -2.34. The standard InChI is InChI=1S/C17H21N3O5S/c1-12(2)20-26(23,24)14-7-5-13(6-8-14)16(21)18-9-10-19-17(22)15-4-3-11-25-15/h3-8,11-12,20H,9-10H2,1-2H3,(H,18,21)(H,19,22). The highest BCUT2D eigenvalue weighted by Crippen LogP contribution is 2.11. The van der Waals surface area contributed by atoms with Crippen molar-refractivity contribution in [3.8, 4) is 0 Å². The fourth-order valence-corrected chi connectivity index (χ4v) is 3.36. The molecule has 3 N–H and O–H groups in total. The van der Waals surface area contributed by atoms with Gasteiger partial charge in [0, 0.05) is 24.7 Å². The van der Waals surface area contributed by atoms with Gasteiger partial charge in [-0.25, -0.2) is 13.1 Å². The van der Waals surface area contributed by atoms with Crippen molar-refractivity contribution < 1.29 is 22.4 Å². The molecule has 140 valence electrons. The highest BCUT2D eigenvalue weighted by Gasteiger charge is 2.16. The number of sulfonamides is 1. The third kappa shape index (κ3) is 5.43. The lowest BCUT2D eigenvalue weighted by atomic mass is 10.2. The van der Waals surface area contributed by atoms with E-state index in [4.69, 9.17) is 4.42 Å². The Morgan fingerprint density at radius 3 is 2.15 bits per heavy atom. The smallest absolute Gasteiger partial charge is 0.287 e. The Morgan fingerprint density at radius 1 is 1.00 bits per heavy atom. The molecule has 2 rings (SSSR count). The Bertz CT molecular complexity index is 843. The molecule has 1 aromatic carbocycles. The minimum Gasteiger partial charge on any atom is -0.459 e. The second-order valence-corrected chi connectivity index (χ2v) is 7.50. The zero-order chi connectivity index (χ0) is 19.2. The largest absolute Gasteiger partial charge is 0.459 e. The number of rotatable bonds is 8. The van der Waals surface area contributed by atoms with Gasteiger partial charge < -0.3 is 15.1 Å². The van der Waals surface area contributed by atoms with Crippen LogP contribution in [0.1, 0.15) is 34.8 Å². The molecule has 0 aliphatic rings. The average Bonchev–Trinajstić information content (AvgIpc) is 3.12. The van der Waals surface area contributed by atoms with E-state index in [1.807, 2.05) is 0 Å². The number of furan rings is 1. The van der Waals surface area contributed by atoms with Gasteiger partial charge in [-0.3, -0.25) is 9.59 Å². The molecule has 0 saturated carbocycles. The van der Waals surface area contributed by atoms with Crippen LogP contribution in [0.4, 0.5) is 0 Å². The topological polar surface area (TPSA) is 118 Å². The van der Waals surface area contributed by atoms with Gasteiger partial charge in [-0.1, -0.05) is 0 Å². The molecule has 9 heteroatoms. The minimum absolute atomic E-state index is 0.0912. The quantitative estimate of drug-likeness (QED) is 0.594. The van der Waals surface area contributed by atoms with Gasteiger partial charge >= 0.3 is 0 Å². The van der Waals surface area contributed by atoms with Crippen LogP contribution in [-0.4, -0.2) is 39.4 Å². The molecule has 0 bridgehead atoms. The molecule has 26 heavy (non-hydrogen) atoms. The van der Waals surface area contributed by atoms with Crippen LogP contribution in [0.25, 0.3) is 0 Å². The minimum atomic E-state index is -3.59. The molecule has 1 aromatic heterocycles. The van der Waals surface area contributed by atoms with E-state index in [0.717, 1.165) is 0 Å². The first-order valence-electron chi connectivity index (χ1n) is 8.02. The Labute approximate surface area is 152 Å². The highest BCUT2D eigenvalue weighted by molar-refractivity contribution is 7.89. The van der Waals surface area contributed by atoms with E-state index >= 15 is 0 Å². The first-order chi connectivity index (χ1) is 12.3. The van der Waals surface area contributed by atoms with E-state index < -0.39 is 10.0 Å². The molecule has 8 nitrogen and oxygen atoms in total. The maximum Gasteiger partial charge on any atom is 0.287 e. The Hall–Kier alpha value is -2.65. The van der Waals surface area contributed by atoms with Crippen molar-refractivity contribution in [1.82, 2.24) is 15.4 Å². The molecule has 2 aromatic rings. The molecular weight excluding hydrogens is 358 g/mol. The van der Waals surface area contributed by atoms with Crippen molar-refractivity contribution >= 4 is 21.8 Å². The summed E-state index contributed by atoms with van der Waals surface area (Å²) in [5.41, 5.74) is 0.325. The van der Waals surface area contributed by atoms with Gasteiger partial charge in [0.25, 0.3) is 11.8 Å². The number of benzene rings is 1. The third-order valence-electron chi connectivity index (χ3n) is 3.26. The molecule has 0 unspecified atom stereocenters.